The zero-order valence-electron chi connectivity index (χ0n) is 17.8. The molecule has 170 valence electrons. The van der Waals surface area contributed by atoms with Crippen molar-refractivity contribution in [2.75, 3.05) is 33.3 Å². The van der Waals surface area contributed by atoms with Gasteiger partial charge in [0.1, 0.15) is 0 Å². The van der Waals surface area contributed by atoms with Gasteiger partial charge in [0.2, 0.25) is 0 Å². The largest absolute Gasteiger partial charge is 0.370 e. The molecule has 0 aliphatic carbocycles. The van der Waals surface area contributed by atoms with Crippen molar-refractivity contribution in [2.45, 2.75) is 43.9 Å². The summed E-state index contributed by atoms with van der Waals surface area (Å²) in [6.07, 6.45) is 3.89. The number of amides is 1. The molecule has 5 nitrogen and oxygen atoms in total. The van der Waals surface area contributed by atoms with Gasteiger partial charge in [-0.3, -0.25) is 9.69 Å². The summed E-state index contributed by atoms with van der Waals surface area (Å²) in [5.74, 6) is 0.0562. The summed E-state index contributed by atoms with van der Waals surface area (Å²) in [4.78, 5) is 17.5. The molecule has 1 unspecified atom stereocenters. The van der Waals surface area contributed by atoms with Crippen LogP contribution in [0.4, 0.5) is 0 Å². The maximum atomic E-state index is 13.0. The number of fused-ring (bicyclic) bond motifs is 3. The fourth-order valence-electron chi connectivity index (χ4n) is 5.02. The number of benzene rings is 1. The van der Waals surface area contributed by atoms with Crippen molar-refractivity contribution < 1.29 is 9.53 Å². The van der Waals surface area contributed by atoms with Gasteiger partial charge in [-0.25, -0.2) is 0 Å². The normalized spacial score (nSPS) is 21.9. The molecule has 2 N–H and O–H groups in total. The van der Waals surface area contributed by atoms with E-state index in [1.165, 1.54) is 21.6 Å². The fourth-order valence-corrected chi connectivity index (χ4v) is 6.16. The van der Waals surface area contributed by atoms with E-state index in [9.17, 15) is 4.79 Å². The highest BCUT2D eigenvalue weighted by Gasteiger charge is 2.40. The van der Waals surface area contributed by atoms with Crippen LogP contribution in [-0.2, 0) is 29.7 Å². The minimum atomic E-state index is -0.179. The van der Waals surface area contributed by atoms with Gasteiger partial charge in [-0.1, -0.05) is 24.3 Å². The molecule has 4 heterocycles. The number of nitrogens with one attached hydrogen (secondary N) is 2. The van der Waals surface area contributed by atoms with E-state index < -0.39 is 0 Å². The zero-order chi connectivity index (χ0) is 19.8. The second-order valence-corrected chi connectivity index (χ2v) is 9.68. The van der Waals surface area contributed by atoms with Crippen LogP contribution in [0.15, 0.2) is 30.3 Å². The van der Waals surface area contributed by atoms with Gasteiger partial charge in [0.05, 0.1) is 17.1 Å². The van der Waals surface area contributed by atoms with Crippen molar-refractivity contribution in [3.63, 3.8) is 0 Å². The van der Waals surface area contributed by atoms with Crippen LogP contribution in [0, 0.1) is 0 Å². The fraction of sp³-hybridized carbons (Fsp3) is 0.522. The molecular formula is C23H31Cl2N3O2S. The number of nitrogens with zero attached hydrogens (tertiary/aromatic N) is 1. The molecule has 0 radical (unpaired) electrons. The van der Waals surface area contributed by atoms with E-state index in [-0.39, 0.29) is 36.3 Å². The highest BCUT2D eigenvalue weighted by Crippen LogP contribution is 2.43. The molecule has 0 bridgehead atoms. The molecule has 31 heavy (non-hydrogen) atoms. The lowest BCUT2D eigenvalue weighted by atomic mass is 9.83. The second kappa shape index (κ2) is 10.2. The Bertz CT molecular complexity index is 914. The number of piperidine rings is 1. The summed E-state index contributed by atoms with van der Waals surface area (Å²) < 4.78 is 6.26. The van der Waals surface area contributed by atoms with E-state index in [4.69, 9.17) is 4.74 Å². The highest BCUT2D eigenvalue weighted by atomic mass is 35.5. The van der Waals surface area contributed by atoms with Crippen molar-refractivity contribution in [1.29, 1.82) is 0 Å². The van der Waals surface area contributed by atoms with Crippen LogP contribution in [0.5, 0.6) is 0 Å². The maximum absolute atomic E-state index is 13.0. The number of thiophene rings is 1. The van der Waals surface area contributed by atoms with E-state index >= 15 is 0 Å². The molecule has 3 aliphatic heterocycles. The Kier molecular flexibility index (Phi) is 8.05. The lowest BCUT2D eigenvalue weighted by Gasteiger charge is -2.40. The van der Waals surface area contributed by atoms with Gasteiger partial charge >= 0.3 is 0 Å². The van der Waals surface area contributed by atoms with Gasteiger partial charge in [-0.15, -0.1) is 36.2 Å². The van der Waals surface area contributed by atoms with Crippen LogP contribution < -0.4 is 10.6 Å². The number of carbonyl (C=O) groups is 1. The Morgan fingerprint density at radius 2 is 2.00 bits per heavy atom. The van der Waals surface area contributed by atoms with Crippen molar-refractivity contribution in [3.05, 3.63) is 56.8 Å². The summed E-state index contributed by atoms with van der Waals surface area (Å²) in [5, 5.41) is 6.63. The van der Waals surface area contributed by atoms with E-state index in [1.54, 1.807) is 11.3 Å². The Labute approximate surface area is 200 Å². The van der Waals surface area contributed by atoms with Crippen molar-refractivity contribution in [1.82, 2.24) is 15.5 Å². The van der Waals surface area contributed by atoms with Crippen LogP contribution in [-0.4, -0.2) is 50.1 Å². The molecular weight excluding hydrogens is 453 g/mol. The van der Waals surface area contributed by atoms with Crippen LogP contribution in [0.1, 0.15) is 44.1 Å². The first-order valence-corrected chi connectivity index (χ1v) is 11.5. The van der Waals surface area contributed by atoms with Crippen LogP contribution in [0.3, 0.4) is 0 Å². The van der Waals surface area contributed by atoms with E-state index in [2.05, 4.69) is 52.9 Å². The third-order valence-corrected chi connectivity index (χ3v) is 7.95. The Hall–Kier alpha value is -1.15. The topological polar surface area (TPSA) is 53.6 Å². The van der Waals surface area contributed by atoms with Gasteiger partial charge in [-0.05, 0) is 62.2 Å². The maximum Gasteiger partial charge on any atom is 0.261 e. The van der Waals surface area contributed by atoms with E-state index in [0.29, 0.717) is 12.6 Å². The molecule has 5 rings (SSSR count). The molecule has 0 saturated carbocycles. The number of rotatable bonds is 3. The van der Waals surface area contributed by atoms with Crippen LogP contribution >= 0.6 is 36.2 Å². The quantitative estimate of drug-likeness (QED) is 0.700. The van der Waals surface area contributed by atoms with Gasteiger partial charge < -0.3 is 15.4 Å². The lowest BCUT2D eigenvalue weighted by Crippen LogP contribution is -2.45. The number of carbonyl (C=O) groups excluding carboxylic acids is 1. The number of hydrogen-bond donors (Lipinski definition) is 2. The Morgan fingerprint density at radius 1 is 1.26 bits per heavy atom. The predicted molar refractivity (Wildman–Crippen MR) is 130 cm³/mol. The lowest BCUT2D eigenvalue weighted by molar-refractivity contribution is -0.0792. The standard InChI is InChI=1S/C23H29N3O2S.2ClH/c1-26-15-17-5-3-2-4-16(17)12-18(26)14-25-22(27)21-13-19-20(29-21)6-11-28-23(19)7-9-24-10-8-23;;/h2-5,13,18,24H,6-12,14-15H2,1H3,(H,25,27);2*1H. The monoisotopic (exact) mass is 483 g/mol. The molecule has 1 saturated heterocycles. The van der Waals surface area contributed by atoms with Crippen molar-refractivity contribution in [3.8, 4) is 0 Å². The molecule has 1 fully saturated rings. The van der Waals surface area contributed by atoms with Crippen LogP contribution in [0.2, 0.25) is 0 Å². The minimum Gasteiger partial charge on any atom is -0.370 e. The molecule has 3 aliphatic rings. The Balaban J connectivity index is 0.00000136. The average molecular weight is 484 g/mol. The van der Waals surface area contributed by atoms with Crippen molar-refractivity contribution >= 4 is 42.1 Å². The zero-order valence-corrected chi connectivity index (χ0v) is 20.3. The van der Waals surface area contributed by atoms with Crippen molar-refractivity contribution in [2.24, 2.45) is 0 Å². The number of likely N-dealkylation sites (N-methyl/N-ethyl adjacent to an activating group) is 1. The molecule has 8 heteroatoms. The van der Waals surface area contributed by atoms with Gasteiger partial charge in [0.15, 0.2) is 0 Å². The van der Waals surface area contributed by atoms with Gasteiger partial charge in [-0.2, -0.15) is 0 Å². The van der Waals surface area contributed by atoms with Crippen LogP contribution in [0.25, 0.3) is 0 Å². The molecule has 1 aromatic carbocycles. The average Bonchev–Trinajstić information content (AvgIpc) is 3.19. The molecule has 2 aromatic rings. The summed E-state index contributed by atoms with van der Waals surface area (Å²) in [5.41, 5.74) is 3.89. The molecule has 1 spiro atoms. The van der Waals surface area contributed by atoms with Gasteiger partial charge in [0, 0.05) is 30.4 Å². The highest BCUT2D eigenvalue weighted by molar-refractivity contribution is 7.14. The number of halogens is 2. The second-order valence-electron chi connectivity index (χ2n) is 8.54. The Morgan fingerprint density at radius 3 is 2.77 bits per heavy atom. The van der Waals surface area contributed by atoms with Gasteiger partial charge in [0.25, 0.3) is 5.91 Å². The summed E-state index contributed by atoms with van der Waals surface area (Å²) in [6.45, 7) is 4.34. The summed E-state index contributed by atoms with van der Waals surface area (Å²) >= 11 is 1.66. The third kappa shape index (κ3) is 4.80. The van der Waals surface area contributed by atoms with E-state index in [1.807, 2.05) is 0 Å². The first-order valence-electron chi connectivity index (χ1n) is 10.7. The number of ether oxygens (including phenoxy) is 1. The van der Waals surface area contributed by atoms with E-state index in [0.717, 1.165) is 56.8 Å². The first kappa shape index (κ1) is 24.5. The first-order chi connectivity index (χ1) is 14.1. The summed E-state index contributed by atoms with van der Waals surface area (Å²) in [6, 6.07) is 11.1. The predicted octanol–water partition coefficient (Wildman–Crippen LogP) is 3.53. The SMILES string of the molecule is CN1Cc2ccccc2CC1CNC(=O)c1cc2c(s1)CCOC21CCNCC1.Cl.Cl. The number of hydrogen-bond acceptors (Lipinski definition) is 5. The third-order valence-electron chi connectivity index (χ3n) is 6.76. The molecule has 1 atom stereocenters. The summed E-state index contributed by atoms with van der Waals surface area (Å²) in [7, 11) is 2.15. The molecule has 1 amide bonds. The smallest absolute Gasteiger partial charge is 0.261 e. The molecule has 1 aromatic heterocycles. The minimum absolute atomic E-state index is 0.